The standard InChI is InChI=1S/C16H20N2O.ClH/c17-8-9-1-5-12(6-2-9)18-16(19)15-13-10-3-4-11(7-10)14(13)15;/h1-2,5-6,10-11,13-15H,3-4,7-8,17H2,(H,18,19);1H. The van der Waals surface area contributed by atoms with Gasteiger partial charge in [-0.2, -0.15) is 0 Å². The van der Waals surface area contributed by atoms with E-state index in [1.165, 1.54) is 19.3 Å². The predicted molar refractivity (Wildman–Crippen MR) is 81.5 cm³/mol. The van der Waals surface area contributed by atoms with Gasteiger partial charge >= 0.3 is 0 Å². The van der Waals surface area contributed by atoms with E-state index in [-0.39, 0.29) is 18.3 Å². The molecule has 4 unspecified atom stereocenters. The highest BCUT2D eigenvalue weighted by atomic mass is 35.5. The van der Waals surface area contributed by atoms with Gasteiger partial charge in [-0.3, -0.25) is 4.79 Å². The minimum Gasteiger partial charge on any atom is -0.326 e. The van der Waals surface area contributed by atoms with Gasteiger partial charge in [0.25, 0.3) is 0 Å². The Morgan fingerprint density at radius 1 is 1.15 bits per heavy atom. The average molecular weight is 293 g/mol. The summed E-state index contributed by atoms with van der Waals surface area (Å²) in [5.74, 6) is 3.67. The highest BCUT2D eigenvalue weighted by Crippen LogP contribution is 2.69. The Bertz CT molecular complexity index is 500. The summed E-state index contributed by atoms with van der Waals surface area (Å²) in [7, 11) is 0. The summed E-state index contributed by atoms with van der Waals surface area (Å²) in [4.78, 5) is 12.3. The maximum absolute atomic E-state index is 12.3. The van der Waals surface area contributed by atoms with Crippen LogP contribution in [0.15, 0.2) is 24.3 Å². The van der Waals surface area contributed by atoms with Crippen molar-refractivity contribution in [1.29, 1.82) is 0 Å². The van der Waals surface area contributed by atoms with Crippen LogP contribution in [-0.4, -0.2) is 5.91 Å². The molecular formula is C16H21ClN2O. The molecule has 3 aliphatic rings. The molecule has 0 spiro atoms. The number of rotatable bonds is 3. The molecule has 20 heavy (non-hydrogen) atoms. The molecule has 0 saturated heterocycles. The van der Waals surface area contributed by atoms with Gasteiger partial charge in [0.1, 0.15) is 0 Å². The Morgan fingerprint density at radius 2 is 1.75 bits per heavy atom. The van der Waals surface area contributed by atoms with Crippen LogP contribution in [0.25, 0.3) is 0 Å². The van der Waals surface area contributed by atoms with Crippen molar-refractivity contribution in [2.45, 2.75) is 25.8 Å². The zero-order valence-electron chi connectivity index (χ0n) is 11.4. The number of carbonyl (C=O) groups is 1. The number of nitrogens with one attached hydrogen (secondary N) is 1. The van der Waals surface area contributed by atoms with Crippen LogP contribution in [-0.2, 0) is 11.3 Å². The van der Waals surface area contributed by atoms with Gasteiger partial charge in [0.05, 0.1) is 0 Å². The van der Waals surface area contributed by atoms with Gasteiger partial charge in [0.15, 0.2) is 0 Å². The van der Waals surface area contributed by atoms with Crippen LogP contribution in [0.4, 0.5) is 5.69 Å². The van der Waals surface area contributed by atoms with Crippen LogP contribution in [0.3, 0.4) is 0 Å². The Balaban J connectivity index is 0.00000121. The van der Waals surface area contributed by atoms with E-state index in [0.717, 1.165) is 23.1 Å². The van der Waals surface area contributed by atoms with Gasteiger partial charge in [-0.05, 0) is 60.6 Å². The topological polar surface area (TPSA) is 55.1 Å². The molecule has 2 bridgehead atoms. The number of carbonyl (C=O) groups excluding carboxylic acids is 1. The Morgan fingerprint density at radius 3 is 2.30 bits per heavy atom. The minimum absolute atomic E-state index is 0. The molecule has 3 aliphatic carbocycles. The first kappa shape index (κ1) is 13.9. The van der Waals surface area contributed by atoms with E-state index in [9.17, 15) is 4.79 Å². The lowest BCUT2D eigenvalue weighted by Crippen LogP contribution is -2.18. The van der Waals surface area contributed by atoms with E-state index < -0.39 is 0 Å². The Hall–Kier alpha value is -1.06. The third-order valence-corrected chi connectivity index (χ3v) is 5.50. The summed E-state index contributed by atoms with van der Waals surface area (Å²) in [5, 5.41) is 3.07. The van der Waals surface area contributed by atoms with E-state index in [2.05, 4.69) is 5.32 Å². The van der Waals surface area contributed by atoms with Crippen molar-refractivity contribution in [1.82, 2.24) is 0 Å². The fourth-order valence-corrected chi connectivity index (χ4v) is 4.63. The normalized spacial score (nSPS) is 36.1. The summed E-state index contributed by atoms with van der Waals surface area (Å²) in [6, 6.07) is 7.86. The number of hydrogen-bond acceptors (Lipinski definition) is 2. The van der Waals surface area contributed by atoms with E-state index in [4.69, 9.17) is 5.73 Å². The zero-order chi connectivity index (χ0) is 13.0. The third-order valence-electron chi connectivity index (χ3n) is 5.50. The van der Waals surface area contributed by atoms with E-state index in [1.807, 2.05) is 24.3 Å². The quantitative estimate of drug-likeness (QED) is 0.900. The molecule has 4 rings (SSSR count). The van der Waals surface area contributed by atoms with Crippen molar-refractivity contribution < 1.29 is 4.79 Å². The number of benzene rings is 1. The molecule has 0 radical (unpaired) electrons. The molecule has 3 saturated carbocycles. The third kappa shape index (κ3) is 2.04. The fourth-order valence-electron chi connectivity index (χ4n) is 4.63. The monoisotopic (exact) mass is 292 g/mol. The average Bonchev–Trinajstić information content (AvgIpc) is 2.89. The van der Waals surface area contributed by atoms with Crippen LogP contribution < -0.4 is 11.1 Å². The van der Waals surface area contributed by atoms with Crippen molar-refractivity contribution in [3.8, 4) is 0 Å². The molecule has 1 amide bonds. The first-order chi connectivity index (χ1) is 9.28. The van der Waals surface area contributed by atoms with Gasteiger partial charge in [0, 0.05) is 18.2 Å². The van der Waals surface area contributed by atoms with E-state index in [1.54, 1.807) is 0 Å². The summed E-state index contributed by atoms with van der Waals surface area (Å²) in [6.45, 7) is 0.546. The van der Waals surface area contributed by atoms with Crippen molar-refractivity contribution in [2.24, 2.45) is 35.3 Å². The summed E-state index contributed by atoms with van der Waals surface area (Å²) in [5.41, 5.74) is 7.57. The lowest BCUT2D eigenvalue weighted by molar-refractivity contribution is -0.118. The highest BCUT2D eigenvalue weighted by molar-refractivity contribution is 5.95. The highest BCUT2D eigenvalue weighted by Gasteiger charge is 2.67. The molecule has 4 heteroatoms. The molecule has 108 valence electrons. The maximum atomic E-state index is 12.3. The van der Waals surface area contributed by atoms with Gasteiger partial charge in [-0.25, -0.2) is 0 Å². The smallest absolute Gasteiger partial charge is 0.228 e. The van der Waals surface area contributed by atoms with Crippen LogP contribution in [0.1, 0.15) is 24.8 Å². The maximum Gasteiger partial charge on any atom is 0.228 e. The second-order valence-electron chi connectivity index (χ2n) is 6.40. The van der Waals surface area contributed by atoms with E-state index >= 15 is 0 Å². The second kappa shape index (κ2) is 5.05. The van der Waals surface area contributed by atoms with Crippen LogP contribution in [0, 0.1) is 29.6 Å². The van der Waals surface area contributed by atoms with Gasteiger partial charge in [-0.1, -0.05) is 12.1 Å². The first-order valence-electron chi connectivity index (χ1n) is 7.38. The summed E-state index contributed by atoms with van der Waals surface area (Å²) < 4.78 is 0. The van der Waals surface area contributed by atoms with Gasteiger partial charge in [-0.15, -0.1) is 12.4 Å². The molecule has 4 atom stereocenters. The minimum atomic E-state index is 0. The molecule has 0 aromatic heterocycles. The largest absolute Gasteiger partial charge is 0.326 e. The molecule has 0 heterocycles. The Labute approximate surface area is 125 Å². The number of fused-ring (bicyclic) bond motifs is 5. The zero-order valence-corrected chi connectivity index (χ0v) is 12.2. The van der Waals surface area contributed by atoms with Crippen LogP contribution in [0.5, 0.6) is 0 Å². The van der Waals surface area contributed by atoms with Gasteiger partial charge < -0.3 is 11.1 Å². The van der Waals surface area contributed by atoms with Gasteiger partial charge in [0.2, 0.25) is 5.91 Å². The fraction of sp³-hybridized carbons (Fsp3) is 0.562. The number of amides is 1. The van der Waals surface area contributed by atoms with Crippen LogP contribution in [0.2, 0.25) is 0 Å². The number of hydrogen-bond donors (Lipinski definition) is 2. The SMILES string of the molecule is Cl.NCc1ccc(NC(=O)C2C3C4CCC(C4)C23)cc1. The summed E-state index contributed by atoms with van der Waals surface area (Å²) in [6.07, 6.45) is 4.12. The molecular weight excluding hydrogens is 272 g/mol. The molecule has 3 fully saturated rings. The molecule has 3 nitrogen and oxygen atoms in total. The summed E-state index contributed by atoms with van der Waals surface area (Å²) >= 11 is 0. The van der Waals surface area contributed by atoms with Crippen molar-refractivity contribution >= 4 is 24.0 Å². The van der Waals surface area contributed by atoms with Crippen molar-refractivity contribution in [3.63, 3.8) is 0 Å². The predicted octanol–water partition coefficient (Wildman–Crippen LogP) is 2.80. The number of anilines is 1. The second-order valence-corrected chi connectivity index (χ2v) is 6.40. The number of nitrogens with two attached hydrogens (primary N) is 1. The molecule has 1 aromatic carbocycles. The van der Waals surface area contributed by atoms with Crippen molar-refractivity contribution in [3.05, 3.63) is 29.8 Å². The molecule has 0 aliphatic heterocycles. The lowest BCUT2D eigenvalue weighted by Gasteiger charge is -2.10. The Kier molecular flexibility index (Phi) is 3.51. The lowest BCUT2D eigenvalue weighted by atomic mass is 10.0. The first-order valence-corrected chi connectivity index (χ1v) is 7.38. The molecule has 3 N–H and O–H groups in total. The van der Waals surface area contributed by atoms with E-state index in [0.29, 0.717) is 24.3 Å². The number of halogens is 1. The molecule has 1 aromatic rings. The van der Waals surface area contributed by atoms with Crippen LogP contribution >= 0.6 is 12.4 Å². The van der Waals surface area contributed by atoms with Crippen molar-refractivity contribution in [2.75, 3.05) is 5.32 Å².